The van der Waals surface area contributed by atoms with Gasteiger partial charge in [0.2, 0.25) is 5.78 Å². The molecule has 1 aliphatic rings. The molecule has 0 N–H and O–H groups in total. The van der Waals surface area contributed by atoms with Crippen molar-refractivity contribution in [2.45, 2.75) is 13.0 Å². The first kappa shape index (κ1) is 21.3. The SMILES string of the molecule is CC(OC(=O)c1ccc2c(c1[N+](=O)[O-])C(=O)c1ccccc1C2=O)c1nnc(-c2cccs2)o1. The largest absolute Gasteiger partial charge is 0.449 e. The highest BCUT2D eigenvalue weighted by Crippen LogP contribution is 2.36. The minimum atomic E-state index is -1.07. The average Bonchev–Trinajstić information content (AvgIpc) is 3.53. The van der Waals surface area contributed by atoms with Gasteiger partial charge in [0.1, 0.15) is 11.1 Å². The zero-order chi connectivity index (χ0) is 24.0. The van der Waals surface area contributed by atoms with E-state index in [1.807, 2.05) is 11.4 Å². The van der Waals surface area contributed by atoms with E-state index in [9.17, 15) is 24.5 Å². The average molecular weight is 475 g/mol. The van der Waals surface area contributed by atoms with Gasteiger partial charge in [0.05, 0.1) is 9.80 Å². The second-order valence-electron chi connectivity index (χ2n) is 7.32. The number of hydrogen-bond donors (Lipinski definition) is 0. The molecule has 1 unspecified atom stereocenters. The van der Waals surface area contributed by atoms with Crippen molar-refractivity contribution < 1.29 is 28.5 Å². The number of ketones is 2. The molecule has 0 amide bonds. The fourth-order valence-electron chi connectivity index (χ4n) is 3.70. The molecule has 0 radical (unpaired) electrons. The maximum Gasteiger partial charge on any atom is 0.345 e. The predicted molar refractivity (Wildman–Crippen MR) is 118 cm³/mol. The van der Waals surface area contributed by atoms with Gasteiger partial charge in [0.15, 0.2) is 11.9 Å². The van der Waals surface area contributed by atoms with E-state index < -0.39 is 45.4 Å². The molecule has 1 aliphatic carbocycles. The summed E-state index contributed by atoms with van der Waals surface area (Å²) in [6, 6.07) is 12.0. The van der Waals surface area contributed by atoms with Crippen molar-refractivity contribution in [1.82, 2.24) is 10.2 Å². The van der Waals surface area contributed by atoms with E-state index in [2.05, 4.69) is 10.2 Å². The number of aromatic nitrogens is 2. The molecule has 168 valence electrons. The van der Waals surface area contributed by atoms with Crippen LogP contribution in [0.3, 0.4) is 0 Å². The van der Waals surface area contributed by atoms with Crippen LogP contribution in [0.5, 0.6) is 0 Å². The first-order chi connectivity index (χ1) is 16.4. The van der Waals surface area contributed by atoms with Crippen molar-refractivity contribution in [2.75, 3.05) is 0 Å². The molecular formula is C23H13N3O7S. The van der Waals surface area contributed by atoms with E-state index in [0.29, 0.717) is 0 Å². The summed E-state index contributed by atoms with van der Waals surface area (Å²) in [5.74, 6) is -2.07. The van der Waals surface area contributed by atoms with Gasteiger partial charge >= 0.3 is 5.97 Å². The maximum atomic E-state index is 13.1. The second-order valence-corrected chi connectivity index (χ2v) is 8.26. The van der Waals surface area contributed by atoms with Crippen LogP contribution in [-0.2, 0) is 4.74 Å². The normalized spacial score (nSPS) is 13.2. The third-order valence-corrected chi connectivity index (χ3v) is 6.13. The molecule has 0 spiro atoms. The Morgan fingerprint density at radius 1 is 1.03 bits per heavy atom. The second kappa shape index (κ2) is 8.12. The number of carbonyl (C=O) groups is 3. The molecule has 4 aromatic rings. The van der Waals surface area contributed by atoms with Crippen LogP contribution < -0.4 is 0 Å². The Hall–Kier alpha value is -4.51. The van der Waals surface area contributed by atoms with E-state index >= 15 is 0 Å². The molecule has 0 fully saturated rings. The number of hydrogen-bond acceptors (Lipinski definition) is 10. The summed E-state index contributed by atoms with van der Waals surface area (Å²) in [6.07, 6.45) is -1.03. The van der Waals surface area contributed by atoms with E-state index in [1.54, 1.807) is 18.2 Å². The van der Waals surface area contributed by atoms with Crippen LogP contribution in [0, 0.1) is 10.1 Å². The zero-order valence-corrected chi connectivity index (χ0v) is 18.2. The lowest BCUT2D eigenvalue weighted by Crippen LogP contribution is -2.24. The molecule has 0 saturated carbocycles. The minimum Gasteiger partial charge on any atom is -0.449 e. The van der Waals surface area contributed by atoms with Crippen LogP contribution in [0.25, 0.3) is 10.8 Å². The maximum absolute atomic E-state index is 13.1. The van der Waals surface area contributed by atoms with E-state index in [4.69, 9.17) is 9.15 Å². The molecule has 5 rings (SSSR count). The third kappa shape index (κ3) is 3.39. The topological polar surface area (TPSA) is 142 Å². The van der Waals surface area contributed by atoms with Gasteiger partial charge in [-0.3, -0.25) is 19.7 Å². The number of fused-ring (bicyclic) bond motifs is 2. The Bertz CT molecular complexity index is 1490. The van der Waals surface area contributed by atoms with Crippen LogP contribution in [-0.4, -0.2) is 32.7 Å². The van der Waals surface area contributed by atoms with Crippen molar-refractivity contribution in [3.63, 3.8) is 0 Å². The summed E-state index contributed by atoms with van der Waals surface area (Å²) < 4.78 is 10.9. The first-order valence-electron chi connectivity index (χ1n) is 9.95. The molecule has 2 aromatic heterocycles. The number of esters is 1. The van der Waals surface area contributed by atoms with Gasteiger partial charge in [-0.1, -0.05) is 30.3 Å². The third-order valence-electron chi connectivity index (χ3n) is 5.27. The standard InChI is InChI=1S/C23H13N3O7S/c1-11(21-24-25-22(33-21)16-7-4-10-34-16)32-23(29)15-9-8-14-17(18(15)26(30)31)20(28)13-6-3-2-5-12(13)19(14)27/h2-11H,1H3. The fraction of sp³-hybridized carbons (Fsp3) is 0.0870. The smallest absolute Gasteiger partial charge is 0.345 e. The lowest BCUT2D eigenvalue weighted by Gasteiger charge is -2.18. The lowest BCUT2D eigenvalue weighted by atomic mass is 9.82. The monoisotopic (exact) mass is 475 g/mol. The van der Waals surface area contributed by atoms with Gasteiger partial charge in [0.25, 0.3) is 17.5 Å². The fourth-order valence-corrected chi connectivity index (χ4v) is 4.34. The number of thiophene rings is 1. The Kier molecular flexibility index (Phi) is 5.10. The number of nitrogens with zero attached hydrogens (tertiary/aromatic N) is 3. The van der Waals surface area contributed by atoms with Gasteiger partial charge in [-0.25, -0.2) is 4.79 Å². The number of nitro benzene ring substituents is 1. The summed E-state index contributed by atoms with van der Waals surface area (Å²) in [6.45, 7) is 1.47. The van der Waals surface area contributed by atoms with Gasteiger partial charge in [-0.15, -0.1) is 21.5 Å². The molecule has 2 heterocycles. The van der Waals surface area contributed by atoms with Gasteiger partial charge in [0, 0.05) is 16.7 Å². The molecule has 0 saturated heterocycles. The lowest BCUT2D eigenvalue weighted by molar-refractivity contribution is -0.385. The summed E-state index contributed by atoms with van der Waals surface area (Å²) in [4.78, 5) is 50.6. The highest BCUT2D eigenvalue weighted by Gasteiger charge is 2.39. The Balaban J connectivity index is 1.50. The van der Waals surface area contributed by atoms with Crippen molar-refractivity contribution >= 4 is 34.6 Å². The summed E-state index contributed by atoms with van der Waals surface area (Å²) in [5, 5.41) is 21.6. The summed E-state index contributed by atoms with van der Waals surface area (Å²) >= 11 is 1.39. The molecule has 0 aliphatic heterocycles. The summed E-state index contributed by atoms with van der Waals surface area (Å²) in [5.41, 5.74) is -1.64. The van der Waals surface area contributed by atoms with Crippen molar-refractivity contribution in [2.24, 2.45) is 0 Å². The van der Waals surface area contributed by atoms with E-state index in [0.717, 1.165) is 10.9 Å². The van der Waals surface area contributed by atoms with Crippen LogP contribution in [0.15, 0.2) is 58.3 Å². The van der Waals surface area contributed by atoms with Crippen LogP contribution in [0.1, 0.15) is 61.1 Å². The van der Waals surface area contributed by atoms with Crippen LogP contribution >= 0.6 is 11.3 Å². The number of ether oxygens (including phenoxy) is 1. The van der Waals surface area contributed by atoms with Crippen molar-refractivity contribution in [3.05, 3.63) is 97.7 Å². The number of nitro groups is 1. The summed E-state index contributed by atoms with van der Waals surface area (Å²) in [7, 11) is 0. The Labute approximate surface area is 195 Å². The Morgan fingerprint density at radius 2 is 1.76 bits per heavy atom. The predicted octanol–water partition coefficient (Wildman–Crippen LogP) is 4.40. The molecule has 34 heavy (non-hydrogen) atoms. The zero-order valence-electron chi connectivity index (χ0n) is 17.4. The van der Waals surface area contributed by atoms with Crippen molar-refractivity contribution in [3.8, 4) is 10.8 Å². The highest BCUT2D eigenvalue weighted by molar-refractivity contribution is 7.13. The first-order valence-corrected chi connectivity index (χ1v) is 10.8. The molecule has 2 aromatic carbocycles. The molecule has 11 heteroatoms. The Morgan fingerprint density at radius 3 is 2.44 bits per heavy atom. The van der Waals surface area contributed by atoms with Gasteiger partial charge in [-0.2, -0.15) is 0 Å². The number of rotatable bonds is 5. The van der Waals surface area contributed by atoms with E-state index in [1.165, 1.54) is 36.5 Å². The van der Waals surface area contributed by atoms with Gasteiger partial charge < -0.3 is 9.15 Å². The highest BCUT2D eigenvalue weighted by atomic mass is 32.1. The van der Waals surface area contributed by atoms with Crippen molar-refractivity contribution in [1.29, 1.82) is 0 Å². The van der Waals surface area contributed by atoms with Crippen LogP contribution in [0.4, 0.5) is 5.69 Å². The number of benzene rings is 2. The van der Waals surface area contributed by atoms with Gasteiger partial charge in [-0.05, 0) is 30.5 Å². The minimum absolute atomic E-state index is 0.00227. The number of carbonyl (C=O) groups excluding carboxylic acids is 3. The van der Waals surface area contributed by atoms with Crippen LogP contribution in [0.2, 0.25) is 0 Å². The molecule has 0 bridgehead atoms. The molecule has 1 atom stereocenters. The van der Waals surface area contributed by atoms with E-state index in [-0.39, 0.29) is 28.5 Å². The molecule has 10 nitrogen and oxygen atoms in total. The molecular weight excluding hydrogens is 462 g/mol. The quantitative estimate of drug-likeness (QED) is 0.205.